The van der Waals surface area contributed by atoms with Gasteiger partial charge in [0.1, 0.15) is 21.9 Å². The van der Waals surface area contributed by atoms with Crippen molar-refractivity contribution in [2.75, 3.05) is 12.4 Å². The van der Waals surface area contributed by atoms with Crippen molar-refractivity contribution in [3.05, 3.63) is 46.0 Å². The number of fused-ring (bicyclic) bond motifs is 2. The zero-order valence-electron chi connectivity index (χ0n) is 16.1. The molecule has 0 atom stereocenters. The molecule has 0 aliphatic heterocycles. The molecule has 0 aliphatic carbocycles. The number of hydrogen-bond donors (Lipinski definition) is 0. The van der Waals surface area contributed by atoms with E-state index >= 15 is 0 Å². The van der Waals surface area contributed by atoms with Crippen molar-refractivity contribution >= 4 is 45.0 Å². The highest BCUT2D eigenvalue weighted by atomic mass is 32.2. The molecule has 0 radical (unpaired) electrons. The first-order valence-electron chi connectivity index (χ1n) is 9.20. The average molecular weight is 419 g/mol. The van der Waals surface area contributed by atoms with E-state index < -0.39 is 5.63 Å². The Kier molecular flexibility index (Phi) is 7.11. The lowest BCUT2D eigenvalue weighted by Gasteiger charge is -2.09. The van der Waals surface area contributed by atoms with Gasteiger partial charge in [-0.1, -0.05) is 36.9 Å². The van der Waals surface area contributed by atoms with Gasteiger partial charge in [0, 0.05) is 17.9 Å². The van der Waals surface area contributed by atoms with Gasteiger partial charge in [-0.05, 0) is 31.9 Å². The molecule has 0 N–H and O–H groups in total. The largest absolute Gasteiger partial charge is 0.492 e. The number of ether oxygens (including phenoxy) is 1. The van der Waals surface area contributed by atoms with Crippen molar-refractivity contribution in [3.63, 3.8) is 0 Å². The summed E-state index contributed by atoms with van der Waals surface area (Å²) in [5, 5.41) is 10.8. The summed E-state index contributed by atoms with van der Waals surface area (Å²) >= 11 is 3.34. The molecule has 0 bridgehead atoms. The van der Waals surface area contributed by atoms with Crippen LogP contribution in [0.5, 0.6) is 5.75 Å². The zero-order chi connectivity index (χ0) is 19.9. The van der Waals surface area contributed by atoms with E-state index in [0.29, 0.717) is 23.5 Å². The maximum absolute atomic E-state index is 11.5. The second-order valence-corrected chi connectivity index (χ2v) is 8.22. The Morgan fingerprint density at radius 1 is 1.11 bits per heavy atom. The van der Waals surface area contributed by atoms with Crippen LogP contribution in [0.3, 0.4) is 0 Å². The maximum Gasteiger partial charge on any atom is 0.336 e. The van der Waals surface area contributed by atoms with Crippen LogP contribution in [0.4, 0.5) is 0 Å². The van der Waals surface area contributed by atoms with Gasteiger partial charge < -0.3 is 13.6 Å². The molecule has 0 unspecified atom stereocenters. The van der Waals surface area contributed by atoms with Gasteiger partial charge in [0.2, 0.25) is 0 Å². The first-order chi connectivity index (χ1) is 13.7. The molecule has 6 nitrogen and oxygen atoms in total. The Balaban J connectivity index is 0.00000109. The fraction of sp³-hybridized carbons (Fsp3) is 0.350. The molecule has 4 rings (SSSR count). The van der Waals surface area contributed by atoms with E-state index in [1.165, 1.54) is 6.07 Å². The van der Waals surface area contributed by atoms with Gasteiger partial charge in [-0.25, -0.2) is 4.79 Å². The van der Waals surface area contributed by atoms with Crippen LogP contribution in [0.25, 0.3) is 21.9 Å². The van der Waals surface area contributed by atoms with Gasteiger partial charge in [-0.15, -0.1) is 10.2 Å². The number of unbranched alkanes of at least 4 members (excludes halogenated alkanes) is 1. The third-order valence-electron chi connectivity index (χ3n) is 3.83. The highest BCUT2D eigenvalue weighted by Crippen LogP contribution is 2.35. The summed E-state index contributed by atoms with van der Waals surface area (Å²) in [5.74, 6) is 1.67. The highest BCUT2D eigenvalue weighted by Gasteiger charge is 2.13. The van der Waals surface area contributed by atoms with Crippen LogP contribution in [-0.2, 0) is 0 Å². The summed E-state index contributed by atoms with van der Waals surface area (Å²) in [6, 6.07) is 6.72. The molecular formula is C20H22N2O4S2. The fourth-order valence-electron chi connectivity index (χ4n) is 2.64. The Morgan fingerprint density at radius 3 is 2.71 bits per heavy atom. The number of nitrogens with zero attached hydrogens (tertiary/aromatic N) is 2. The van der Waals surface area contributed by atoms with Gasteiger partial charge in [-0.3, -0.25) is 0 Å². The van der Waals surface area contributed by atoms with Crippen molar-refractivity contribution in [1.29, 1.82) is 0 Å². The molecule has 4 aromatic rings. The number of hydrogen-bond acceptors (Lipinski definition) is 8. The Morgan fingerprint density at radius 2 is 1.93 bits per heavy atom. The van der Waals surface area contributed by atoms with Crippen LogP contribution in [0.1, 0.15) is 31.7 Å². The van der Waals surface area contributed by atoms with E-state index in [9.17, 15) is 4.79 Å². The molecule has 8 heteroatoms. The van der Waals surface area contributed by atoms with E-state index in [1.54, 1.807) is 41.5 Å². The van der Waals surface area contributed by atoms with Crippen molar-refractivity contribution < 1.29 is 13.6 Å². The van der Waals surface area contributed by atoms with Crippen LogP contribution < -0.4 is 10.4 Å². The third kappa shape index (κ3) is 4.74. The molecule has 0 fully saturated rings. The third-order valence-corrected chi connectivity index (χ3v) is 5.89. The number of rotatable bonds is 7. The minimum atomic E-state index is -0.390. The predicted molar refractivity (Wildman–Crippen MR) is 114 cm³/mol. The average Bonchev–Trinajstić information content (AvgIpc) is 3.33. The monoisotopic (exact) mass is 418 g/mol. The quantitative estimate of drug-likeness (QED) is 0.217. The first-order valence-corrected chi connectivity index (χ1v) is 11.0. The van der Waals surface area contributed by atoms with Crippen molar-refractivity contribution in [1.82, 2.24) is 10.2 Å². The summed E-state index contributed by atoms with van der Waals surface area (Å²) in [4.78, 5) is 11.5. The normalized spacial score (nSPS) is 10.8. The number of thioether (sulfide) groups is 1. The second kappa shape index (κ2) is 9.75. The van der Waals surface area contributed by atoms with Gasteiger partial charge >= 0.3 is 5.63 Å². The van der Waals surface area contributed by atoms with Crippen molar-refractivity contribution in [2.24, 2.45) is 0 Å². The predicted octanol–water partition coefficient (Wildman–Crippen LogP) is 5.68. The second-order valence-electron chi connectivity index (χ2n) is 5.70. The van der Waals surface area contributed by atoms with Gasteiger partial charge in [-0.2, -0.15) is 0 Å². The summed E-state index contributed by atoms with van der Waals surface area (Å²) < 4.78 is 17.7. The Hall–Kier alpha value is -2.32. The highest BCUT2D eigenvalue weighted by molar-refractivity contribution is 8.01. The summed E-state index contributed by atoms with van der Waals surface area (Å²) in [7, 11) is 0. The molecule has 1 aromatic carbocycles. The Bertz CT molecular complexity index is 1100. The van der Waals surface area contributed by atoms with Gasteiger partial charge in [0.15, 0.2) is 4.34 Å². The smallest absolute Gasteiger partial charge is 0.336 e. The number of aryl methyl sites for hydroxylation is 1. The van der Waals surface area contributed by atoms with E-state index in [2.05, 4.69) is 10.2 Å². The molecule has 148 valence electrons. The minimum absolute atomic E-state index is 0.390. The van der Waals surface area contributed by atoms with Gasteiger partial charge in [0.05, 0.1) is 23.6 Å². The molecule has 0 spiro atoms. The zero-order valence-corrected chi connectivity index (χ0v) is 17.7. The summed E-state index contributed by atoms with van der Waals surface area (Å²) in [6.07, 6.45) is 3.53. The molecule has 0 aliphatic rings. The van der Waals surface area contributed by atoms with Crippen LogP contribution >= 0.6 is 23.1 Å². The topological polar surface area (TPSA) is 78.4 Å². The van der Waals surface area contributed by atoms with E-state index in [-0.39, 0.29) is 0 Å². The molecule has 0 amide bonds. The molecule has 3 aromatic heterocycles. The van der Waals surface area contributed by atoms with Gasteiger partial charge in [0.25, 0.3) is 0 Å². The number of aromatic nitrogens is 2. The lowest BCUT2D eigenvalue weighted by Crippen LogP contribution is -2.01. The summed E-state index contributed by atoms with van der Waals surface area (Å²) in [6.45, 7) is 6.53. The molecule has 3 heterocycles. The van der Waals surface area contributed by atoms with E-state index in [4.69, 9.17) is 13.6 Å². The molecule has 0 saturated heterocycles. The van der Waals surface area contributed by atoms with Crippen LogP contribution in [0.15, 0.2) is 48.5 Å². The van der Waals surface area contributed by atoms with Crippen molar-refractivity contribution in [3.8, 4) is 5.75 Å². The lowest BCUT2D eigenvalue weighted by atomic mass is 10.1. The summed E-state index contributed by atoms with van der Waals surface area (Å²) in [5.41, 5.74) is 0.722. The first kappa shape index (κ1) is 20.4. The molecule has 0 saturated carbocycles. The number of benzene rings is 1. The van der Waals surface area contributed by atoms with Crippen LogP contribution in [0, 0.1) is 6.92 Å². The van der Waals surface area contributed by atoms with Crippen LogP contribution in [0.2, 0.25) is 0 Å². The Labute approximate surface area is 170 Å². The SMILES string of the molecule is CC.Cc1nnc(SCCCCOc2c3ccoc3cc3oc(=O)ccc23)s1. The lowest BCUT2D eigenvalue weighted by molar-refractivity contribution is 0.316. The van der Waals surface area contributed by atoms with Crippen molar-refractivity contribution in [2.45, 2.75) is 38.0 Å². The minimum Gasteiger partial charge on any atom is -0.492 e. The molecule has 28 heavy (non-hydrogen) atoms. The van der Waals surface area contributed by atoms with E-state index in [0.717, 1.165) is 38.7 Å². The maximum atomic E-state index is 11.5. The fourth-order valence-corrected chi connectivity index (χ4v) is 4.53. The standard InChI is InChI=1S/C18H16N2O4S2.C2H6/c1-11-19-20-18(26-11)25-9-3-2-7-23-17-12-4-5-16(21)24-15(12)10-14-13(17)6-8-22-14;1-2/h4-6,8,10H,2-3,7,9H2,1H3;1-2H3. The van der Waals surface area contributed by atoms with Crippen LogP contribution in [-0.4, -0.2) is 22.6 Å². The van der Waals surface area contributed by atoms with E-state index in [1.807, 2.05) is 26.8 Å². The molecular weight excluding hydrogens is 396 g/mol. The number of furan rings is 1.